The highest BCUT2D eigenvalue weighted by Crippen LogP contribution is 2.48. The van der Waals surface area contributed by atoms with Crippen LogP contribution in [0.4, 0.5) is 4.79 Å². The van der Waals surface area contributed by atoms with E-state index in [2.05, 4.69) is 29.2 Å². The van der Waals surface area contributed by atoms with Crippen LogP contribution in [0.15, 0.2) is 60.7 Å². The molecule has 158 valence electrons. The van der Waals surface area contributed by atoms with Crippen LogP contribution in [-0.2, 0) is 11.3 Å². The number of benzene rings is 2. The summed E-state index contributed by atoms with van der Waals surface area (Å²) in [6, 6.07) is 21.0. The number of unbranched alkanes of at least 4 members (excludes halogenated alkanes) is 2. The molecular formula is C24H28N2O3S. The zero-order valence-electron chi connectivity index (χ0n) is 17.0. The molecule has 0 radical (unpaired) electrons. The Morgan fingerprint density at radius 1 is 1.00 bits per heavy atom. The molecule has 0 aromatic heterocycles. The third kappa shape index (κ3) is 4.48. The van der Waals surface area contributed by atoms with Gasteiger partial charge in [0.1, 0.15) is 5.37 Å². The number of nitrogens with zero attached hydrogens (tertiary/aromatic N) is 2. The predicted octanol–water partition coefficient (Wildman–Crippen LogP) is 5.14. The monoisotopic (exact) mass is 424 g/mol. The van der Waals surface area contributed by atoms with E-state index in [1.165, 1.54) is 5.56 Å². The largest absolute Gasteiger partial charge is 0.481 e. The van der Waals surface area contributed by atoms with E-state index in [1.807, 2.05) is 53.1 Å². The average Bonchev–Trinajstić information content (AvgIpc) is 3.30. The van der Waals surface area contributed by atoms with Gasteiger partial charge in [0, 0.05) is 18.7 Å². The second-order valence-electron chi connectivity index (χ2n) is 8.03. The first kappa shape index (κ1) is 20.8. The molecule has 30 heavy (non-hydrogen) atoms. The summed E-state index contributed by atoms with van der Waals surface area (Å²) in [4.78, 5) is 28.4. The van der Waals surface area contributed by atoms with Crippen molar-refractivity contribution in [1.82, 2.24) is 9.80 Å². The Bertz CT molecular complexity index is 861. The minimum atomic E-state index is -0.735. The Labute approximate surface area is 182 Å². The number of amides is 2. The van der Waals surface area contributed by atoms with E-state index in [-0.39, 0.29) is 29.9 Å². The summed E-state index contributed by atoms with van der Waals surface area (Å²) in [6.07, 6.45) is 3.67. The van der Waals surface area contributed by atoms with Gasteiger partial charge in [0.2, 0.25) is 0 Å². The van der Waals surface area contributed by atoms with Gasteiger partial charge in [-0.2, -0.15) is 0 Å². The van der Waals surface area contributed by atoms with E-state index < -0.39 is 5.97 Å². The van der Waals surface area contributed by atoms with Crippen molar-refractivity contribution in [1.29, 1.82) is 0 Å². The second kappa shape index (κ2) is 9.56. The number of rotatable bonds is 9. The molecule has 0 unspecified atom stereocenters. The van der Waals surface area contributed by atoms with Crippen molar-refractivity contribution in [2.75, 3.05) is 5.75 Å². The topological polar surface area (TPSA) is 60.9 Å². The lowest BCUT2D eigenvalue weighted by molar-refractivity contribution is -0.137. The number of carboxylic acid groups (broad SMARTS) is 1. The van der Waals surface area contributed by atoms with Gasteiger partial charge in [0.05, 0.1) is 12.1 Å². The fourth-order valence-corrected chi connectivity index (χ4v) is 6.07. The van der Waals surface area contributed by atoms with Crippen LogP contribution in [0.5, 0.6) is 0 Å². The molecule has 2 heterocycles. The number of urea groups is 1. The maximum absolute atomic E-state index is 13.5. The van der Waals surface area contributed by atoms with Gasteiger partial charge in [-0.1, -0.05) is 73.5 Å². The Morgan fingerprint density at radius 3 is 2.40 bits per heavy atom. The summed E-state index contributed by atoms with van der Waals surface area (Å²) >= 11 is 1.85. The zero-order valence-corrected chi connectivity index (χ0v) is 17.8. The molecule has 2 fully saturated rings. The SMILES string of the molecule is O=C(O)CCCCC[C@H]1[C@H]2CS[C@@H](c3ccccc3)N2C(=O)N1Cc1ccccc1. The first-order valence-corrected chi connectivity index (χ1v) is 11.7. The molecule has 1 N–H and O–H groups in total. The van der Waals surface area contributed by atoms with Gasteiger partial charge in [0.25, 0.3) is 0 Å². The van der Waals surface area contributed by atoms with Crippen molar-refractivity contribution in [3.63, 3.8) is 0 Å². The fraction of sp³-hybridized carbons (Fsp3) is 0.417. The molecule has 0 spiro atoms. The lowest BCUT2D eigenvalue weighted by atomic mass is 10.0. The minimum Gasteiger partial charge on any atom is -0.481 e. The lowest BCUT2D eigenvalue weighted by Gasteiger charge is -2.26. The fourth-order valence-electron chi connectivity index (χ4n) is 4.55. The van der Waals surface area contributed by atoms with Gasteiger partial charge in [-0.05, 0) is 24.0 Å². The highest BCUT2D eigenvalue weighted by molar-refractivity contribution is 7.99. The number of carbonyl (C=O) groups excluding carboxylic acids is 1. The molecule has 2 aliphatic heterocycles. The van der Waals surface area contributed by atoms with Crippen molar-refractivity contribution < 1.29 is 14.7 Å². The summed E-state index contributed by atoms with van der Waals surface area (Å²) in [5.74, 6) is 0.206. The van der Waals surface area contributed by atoms with E-state index in [9.17, 15) is 9.59 Å². The Kier molecular flexibility index (Phi) is 6.62. The highest BCUT2D eigenvalue weighted by atomic mass is 32.2. The molecule has 5 nitrogen and oxygen atoms in total. The molecule has 2 aromatic rings. The molecule has 2 amide bonds. The summed E-state index contributed by atoms with van der Waals surface area (Å²) < 4.78 is 0. The van der Waals surface area contributed by atoms with Gasteiger partial charge in [-0.3, -0.25) is 4.79 Å². The van der Waals surface area contributed by atoms with Crippen LogP contribution in [0.25, 0.3) is 0 Å². The van der Waals surface area contributed by atoms with Crippen LogP contribution in [0.1, 0.15) is 48.6 Å². The van der Waals surface area contributed by atoms with Gasteiger partial charge in [-0.25, -0.2) is 4.79 Å². The third-order valence-corrected chi connectivity index (χ3v) is 7.37. The van der Waals surface area contributed by atoms with Crippen molar-refractivity contribution in [3.05, 3.63) is 71.8 Å². The molecule has 0 aliphatic carbocycles. The van der Waals surface area contributed by atoms with Crippen LogP contribution in [0.3, 0.4) is 0 Å². The summed E-state index contributed by atoms with van der Waals surface area (Å²) in [5.41, 5.74) is 2.33. The second-order valence-corrected chi connectivity index (χ2v) is 9.14. The number of hydrogen-bond donors (Lipinski definition) is 1. The van der Waals surface area contributed by atoms with Gasteiger partial charge in [0.15, 0.2) is 0 Å². The summed E-state index contributed by atoms with van der Waals surface area (Å²) in [7, 11) is 0. The molecule has 0 bridgehead atoms. The van der Waals surface area contributed by atoms with Crippen molar-refractivity contribution in [3.8, 4) is 0 Å². The molecule has 0 saturated carbocycles. The van der Waals surface area contributed by atoms with Gasteiger partial charge >= 0.3 is 12.0 Å². The van der Waals surface area contributed by atoms with Gasteiger partial charge in [-0.15, -0.1) is 11.8 Å². The van der Waals surface area contributed by atoms with Crippen LogP contribution in [-0.4, -0.2) is 44.7 Å². The van der Waals surface area contributed by atoms with Crippen molar-refractivity contribution >= 4 is 23.8 Å². The van der Waals surface area contributed by atoms with Crippen LogP contribution < -0.4 is 0 Å². The first-order valence-electron chi connectivity index (χ1n) is 10.7. The van der Waals surface area contributed by atoms with Crippen LogP contribution in [0, 0.1) is 0 Å². The smallest absolute Gasteiger partial charge is 0.322 e. The number of hydrogen-bond acceptors (Lipinski definition) is 3. The Morgan fingerprint density at radius 2 is 1.70 bits per heavy atom. The van der Waals surface area contributed by atoms with Crippen molar-refractivity contribution in [2.45, 2.75) is 56.1 Å². The van der Waals surface area contributed by atoms with Crippen molar-refractivity contribution in [2.24, 2.45) is 0 Å². The molecule has 2 aliphatic rings. The molecule has 4 rings (SSSR count). The molecule has 2 saturated heterocycles. The van der Waals surface area contributed by atoms with E-state index in [0.29, 0.717) is 13.0 Å². The normalized spacial score (nSPS) is 23.1. The molecule has 2 aromatic carbocycles. The highest BCUT2D eigenvalue weighted by Gasteiger charge is 2.52. The number of carbonyl (C=O) groups is 2. The van der Waals surface area contributed by atoms with E-state index >= 15 is 0 Å². The maximum atomic E-state index is 13.5. The van der Waals surface area contributed by atoms with E-state index in [0.717, 1.165) is 30.6 Å². The number of carboxylic acids is 1. The first-order chi connectivity index (χ1) is 14.6. The van der Waals surface area contributed by atoms with Crippen LogP contribution in [0.2, 0.25) is 0 Å². The molecular weight excluding hydrogens is 396 g/mol. The maximum Gasteiger partial charge on any atom is 0.322 e. The number of thioether (sulfide) groups is 1. The van der Waals surface area contributed by atoms with Gasteiger partial charge < -0.3 is 14.9 Å². The summed E-state index contributed by atoms with van der Waals surface area (Å²) in [5, 5.41) is 8.93. The number of aliphatic carboxylic acids is 1. The number of fused-ring (bicyclic) bond motifs is 1. The lowest BCUT2D eigenvalue weighted by Crippen LogP contribution is -2.37. The average molecular weight is 425 g/mol. The Balaban J connectivity index is 1.50. The predicted molar refractivity (Wildman–Crippen MR) is 119 cm³/mol. The van der Waals surface area contributed by atoms with E-state index in [4.69, 9.17) is 5.11 Å². The van der Waals surface area contributed by atoms with Crippen LogP contribution >= 0.6 is 11.8 Å². The zero-order chi connectivity index (χ0) is 20.9. The Hall–Kier alpha value is -2.47. The standard InChI is InChI=1S/C24H28N2O3S/c27-22(28)15-9-3-8-14-20-21-17-30-23(19-12-6-2-7-13-19)26(21)24(29)25(20)16-18-10-4-1-5-11-18/h1-2,4-7,10-13,20-21,23H,3,8-9,14-17H2,(H,27,28)/t20-,21+,23-/m0/s1. The quantitative estimate of drug-likeness (QED) is 0.566. The van der Waals surface area contributed by atoms with E-state index in [1.54, 1.807) is 0 Å². The third-order valence-electron chi connectivity index (χ3n) is 6.02. The minimum absolute atomic E-state index is 0.0685. The molecule has 3 atom stereocenters. The molecule has 6 heteroatoms. The summed E-state index contributed by atoms with van der Waals surface area (Å²) in [6.45, 7) is 0.624.